The second-order valence-electron chi connectivity index (χ2n) is 9.66. The zero-order valence-electron chi connectivity index (χ0n) is 22.0. The van der Waals surface area contributed by atoms with Crippen molar-refractivity contribution in [2.75, 3.05) is 12.0 Å². The summed E-state index contributed by atoms with van der Waals surface area (Å²) in [6, 6.07) is 18.9. The van der Waals surface area contributed by atoms with Gasteiger partial charge in [-0.25, -0.2) is 0 Å². The predicted octanol–water partition coefficient (Wildman–Crippen LogP) is 6.44. The molecule has 0 bridgehead atoms. The van der Waals surface area contributed by atoms with E-state index in [0.29, 0.717) is 38.4 Å². The third-order valence-electron chi connectivity index (χ3n) is 6.92. The van der Waals surface area contributed by atoms with Crippen molar-refractivity contribution >= 4 is 57.3 Å². The SMILES string of the molecule is COc1ccc([C@H]2C(=C(O)c3ccc4c(c3)C[C@@H](C)O4)C(=O)C(=O)N2c2nnc(SCc3ccc(Cl)cc3)s2)cc1. The van der Waals surface area contributed by atoms with Crippen molar-refractivity contribution in [3.05, 3.63) is 99.6 Å². The lowest BCUT2D eigenvalue weighted by atomic mass is 9.94. The van der Waals surface area contributed by atoms with Gasteiger partial charge in [-0.2, -0.15) is 0 Å². The minimum atomic E-state index is -0.911. The van der Waals surface area contributed by atoms with E-state index < -0.39 is 17.7 Å². The van der Waals surface area contributed by atoms with Crippen LogP contribution in [0.1, 0.15) is 35.2 Å². The summed E-state index contributed by atoms with van der Waals surface area (Å²) in [5.41, 5.74) is 3.04. The van der Waals surface area contributed by atoms with Crippen LogP contribution in [0.5, 0.6) is 11.5 Å². The second-order valence-corrected chi connectivity index (χ2v) is 12.3. The number of ketones is 1. The van der Waals surface area contributed by atoms with Crippen LogP contribution in [0.4, 0.5) is 5.13 Å². The minimum absolute atomic E-state index is 0.0161. The highest BCUT2D eigenvalue weighted by Crippen LogP contribution is 2.45. The number of nitrogens with zero attached hydrogens (tertiary/aromatic N) is 3. The van der Waals surface area contributed by atoms with Gasteiger partial charge in [0, 0.05) is 22.8 Å². The Morgan fingerprint density at radius 3 is 2.61 bits per heavy atom. The number of aliphatic hydroxyl groups is 1. The van der Waals surface area contributed by atoms with Gasteiger partial charge in [0.25, 0.3) is 5.78 Å². The number of ether oxygens (including phenoxy) is 2. The number of methoxy groups -OCH3 is 1. The van der Waals surface area contributed by atoms with E-state index in [0.717, 1.165) is 16.9 Å². The predicted molar refractivity (Wildman–Crippen MR) is 159 cm³/mol. The topological polar surface area (TPSA) is 102 Å². The Morgan fingerprint density at radius 1 is 1.12 bits per heavy atom. The van der Waals surface area contributed by atoms with Gasteiger partial charge in [-0.1, -0.05) is 59.0 Å². The van der Waals surface area contributed by atoms with Crippen LogP contribution in [-0.4, -0.2) is 40.2 Å². The molecule has 0 unspecified atom stereocenters. The van der Waals surface area contributed by atoms with Crippen LogP contribution >= 0.6 is 34.7 Å². The lowest BCUT2D eigenvalue weighted by Crippen LogP contribution is -2.29. The molecule has 41 heavy (non-hydrogen) atoms. The van der Waals surface area contributed by atoms with Crippen molar-refractivity contribution in [3.63, 3.8) is 0 Å². The molecule has 1 saturated heterocycles. The normalized spacial score (nSPS) is 19.3. The third kappa shape index (κ3) is 5.30. The van der Waals surface area contributed by atoms with Gasteiger partial charge >= 0.3 is 5.91 Å². The number of hydrogen-bond donors (Lipinski definition) is 1. The number of hydrogen-bond acceptors (Lipinski definition) is 9. The first-order valence-electron chi connectivity index (χ1n) is 12.8. The highest BCUT2D eigenvalue weighted by Gasteiger charge is 2.48. The summed E-state index contributed by atoms with van der Waals surface area (Å²) in [7, 11) is 1.56. The number of fused-ring (bicyclic) bond motifs is 1. The van der Waals surface area contributed by atoms with Crippen molar-refractivity contribution in [2.45, 2.75) is 35.6 Å². The molecule has 2 aliphatic heterocycles. The van der Waals surface area contributed by atoms with Crippen LogP contribution in [0.15, 0.2) is 76.6 Å². The first-order chi connectivity index (χ1) is 19.8. The fourth-order valence-electron chi connectivity index (χ4n) is 4.94. The average Bonchev–Trinajstić information content (AvgIpc) is 3.67. The van der Waals surface area contributed by atoms with Crippen molar-refractivity contribution in [1.82, 2.24) is 10.2 Å². The van der Waals surface area contributed by atoms with Crippen LogP contribution in [0.25, 0.3) is 5.76 Å². The number of carbonyl (C=O) groups excluding carboxylic acids is 2. The molecule has 4 aromatic rings. The molecule has 8 nitrogen and oxygen atoms in total. The molecule has 1 amide bonds. The summed E-state index contributed by atoms with van der Waals surface area (Å²) < 4.78 is 11.7. The van der Waals surface area contributed by atoms with Gasteiger partial charge in [0.15, 0.2) is 4.34 Å². The number of aliphatic hydroxyl groups excluding tert-OH is 1. The number of aromatic nitrogens is 2. The molecule has 6 rings (SSSR count). The number of anilines is 1. The first kappa shape index (κ1) is 27.3. The maximum Gasteiger partial charge on any atom is 0.301 e. The van der Waals surface area contributed by atoms with Crippen LogP contribution in [0, 0.1) is 0 Å². The van der Waals surface area contributed by atoms with Crippen molar-refractivity contribution in [3.8, 4) is 11.5 Å². The summed E-state index contributed by atoms with van der Waals surface area (Å²) in [5, 5.41) is 21.0. The number of Topliss-reactive ketones (excluding diaryl/α,β-unsaturated/α-hetero) is 1. The molecule has 1 fully saturated rings. The first-order valence-corrected chi connectivity index (χ1v) is 15.0. The standard InChI is InChI=1S/C30H24ClN3O5S2/c1-16-13-20-14-19(7-12-23(20)39-16)26(35)24-25(18-5-10-22(38-2)11-6-18)34(28(37)27(24)36)29-32-33-30(41-29)40-15-17-3-8-21(31)9-4-17/h3-12,14,16,25,35H,13,15H2,1-2H3/t16-,25+/m1/s1. The van der Waals surface area contributed by atoms with E-state index in [9.17, 15) is 14.7 Å². The quantitative estimate of drug-likeness (QED) is 0.0844. The minimum Gasteiger partial charge on any atom is -0.507 e. The molecule has 208 valence electrons. The van der Waals surface area contributed by atoms with E-state index in [-0.39, 0.29) is 22.6 Å². The van der Waals surface area contributed by atoms with Crippen LogP contribution in [0.3, 0.4) is 0 Å². The Bertz CT molecular complexity index is 1670. The lowest BCUT2D eigenvalue weighted by Gasteiger charge is -2.22. The van der Waals surface area contributed by atoms with E-state index in [1.54, 1.807) is 43.5 Å². The van der Waals surface area contributed by atoms with Gasteiger partial charge in [0.05, 0.1) is 18.7 Å². The Kier molecular flexibility index (Phi) is 7.46. The molecular weight excluding hydrogens is 582 g/mol. The smallest absolute Gasteiger partial charge is 0.301 e. The molecule has 11 heteroatoms. The summed E-state index contributed by atoms with van der Waals surface area (Å²) in [5.74, 6) is 0.174. The second kappa shape index (κ2) is 11.2. The molecule has 1 N–H and O–H groups in total. The van der Waals surface area contributed by atoms with Crippen molar-refractivity contribution < 1.29 is 24.2 Å². The summed E-state index contributed by atoms with van der Waals surface area (Å²) in [4.78, 5) is 28.4. The number of halogens is 1. The van der Waals surface area contributed by atoms with E-state index in [2.05, 4.69) is 10.2 Å². The number of amides is 1. The average molecular weight is 606 g/mol. The molecule has 3 heterocycles. The summed E-state index contributed by atoms with van der Waals surface area (Å²) in [6.45, 7) is 1.97. The van der Waals surface area contributed by atoms with Crippen molar-refractivity contribution in [1.29, 1.82) is 0 Å². The van der Waals surface area contributed by atoms with Gasteiger partial charge < -0.3 is 14.6 Å². The molecule has 0 aliphatic carbocycles. The van der Waals surface area contributed by atoms with Crippen molar-refractivity contribution in [2.24, 2.45) is 0 Å². The maximum atomic E-state index is 13.5. The molecule has 0 saturated carbocycles. The molecule has 0 spiro atoms. The number of carbonyl (C=O) groups is 2. The molecule has 0 radical (unpaired) electrons. The zero-order valence-corrected chi connectivity index (χ0v) is 24.4. The van der Waals surface area contributed by atoms with Crippen LogP contribution in [0.2, 0.25) is 5.02 Å². The van der Waals surface area contributed by atoms with Gasteiger partial charge in [-0.15, -0.1) is 10.2 Å². The summed E-state index contributed by atoms with van der Waals surface area (Å²) in [6.07, 6.45) is 0.713. The Hall–Kier alpha value is -3.86. The third-order valence-corrected chi connectivity index (χ3v) is 9.30. The largest absolute Gasteiger partial charge is 0.507 e. The molecule has 2 atom stereocenters. The molecule has 2 aliphatic rings. The van der Waals surface area contributed by atoms with Crippen LogP contribution in [-0.2, 0) is 21.8 Å². The van der Waals surface area contributed by atoms with Crippen LogP contribution < -0.4 is 14.4 Å². The lowest BCUT2D eigenvalue weighted by molar-refractivity contribution is -0.132. The fraction of sp³-hybridized carbons (Fsp3) is 0.200. The highest BCUT2D eigenvalue weighted by atomic mass is 35.5. The van der Waals surface area contributed by atoms with E-state index in [1.165, 1.54) is 28.0 Å². The summed E-state index contributed by atoms with van der Waals surface area (Å²) >= 11 is 8.67. The zero-order chi connectivity index (χ0) is 28.7. The Balaban J connectivity index is 1.38. The van der Waals surface area contributed by atoms with Gasteiger partial charge in [0.1, 0.15) is 23.4 Å². The van der Waals surface area contributed by atoms with Gasteiger partial charge in [-0.05, 0) is 66.1 Å². The van der Waals surface area contributed by atoms with E-state index in [4.69, 9.17) is 21.1 Å². The van der Waals surface area contributed by atoms with Gasteiger partial charge in [-0.3, -0.25) is 14.5 Å². The fourth-order valence-corrected chi connectivity index (χ4v) is 6.89. The van der Waals surface area contributed by atoms with E-state index >= 15 is 0 Å². The number of thioether (sulfide) groups is 1. The van der Waals surface area contributed by atoms with E-state index in [1.807, 2.05) is 37.3 Å². The highest BCUT2D eigenvalue weighted by molar-refractivity contribution is 8.00. The van der Waals surface area contributed by atoms with Gasteiger partial charge in [0.2, 0.25) is 5.13 Å². The number of benzene rings is 3. The molecule has 3 aromatic carbocycles. The Labute approximate surface area is 249 Å². The molecule has 1 aromatic heterocycles. The number of rotatable bonds is 7. The maximum absolute atomic E-state index is 13.5. The Morgan fingerprint density at radius 2 is 1.88 bits per heavy atom. The monoisotopic (exact) mass is 605 g/mol. The molecular formula is C30H24ClN3O5S2.